The molecule has 0 aromatic carbocycles. The van der Waals surface area contributed by atoms with Gasteiger partial charge in [-0.05, 0) is 33.1 Å². The number of hydrogen-bond acceptors (Lipinski definition) is 4. The Morgan fingerprint density at radius 3 is 2.95 bits per heavy atom. The van der Waals surface area contributed by atoms with Crippen molar-refractivity contribution in [2.24, 2.45) is 0 Å². The summed E-state index contributed by atoms with van der Waals surface area (Å²) in [5.41, 5.74) is 1.39. The summed E-state index contributed by atoms with van der Waals surface area (Å²) in [6, 6.07) is 1.79. The van der Waals surface area contributed by atoms with Gasteiger partial charge in [-0.15, -0.1) is 6.58 Å². The molecule has 0 atom stereocenters. The summed E-state index contributed by atoms with van der Waals surface area (Å²) in [7, 11) is 4.03. The Balaban J connectivity index is 2.45. The first-order chi connectivity index (χ1) is 9.13. The first-order valence-electron chi connectivity index (χ1n) is 6.36. The van der Waals surface area contributed by atoms with E-state index in [1.54, 1.807) is 24.5 Å². The maximum Gasteiger partial charge on any atom is 0.252 e. The van der Waals surface area contributed by atoms with Crippen LogP contribution < -0.4 is 10.6 Å². The Kier molecular flexibility index (Phi) is 6.60. The Labute approximate surface area is 114 Å². The molecule has 0 unspecified atom stereocenters. The molecule has 0 spiro atoms. The van der Waals surface area contributed by atoms with Crippen LogP contribution in [0.15, 0.2) is 31.1 Å². The van der Waals surface area contributed by atoms with Crippen LogP contribution in [-0.4, -0.2) is 49.5 Å². The second kappa shape index (κ2) is 8.26. The third-order valence-electron chi connectivity index (χ3n) is 2.52. The van der Waals surface area contributed by atoms with Crippen molar-refractivity contribution in [3.63, 3.8) is 0 Å². The van der Waals surface area contributed by atoms with Gasteiger partial charge in [0.1, 0.15) is 0 Å². The van der Waals surface area contributed by atoms with E-state index in [4.69, 9.17) is 0 Å². The van der Waals surface area contributed by atoms with E-state index in [2.05, 4.69) is 27.1 Å². The molecule has 1 aromatic heterocycles. The van der Waals surface area contributed by atoms with Crippen LogP contribution in [-0.2, 0) is 0 Å². The highest BCUT2D eigenvalue weighted by atomic mass is 16.1. The fourth-order valence-electron chi connectivity index (χ4n) is 1.55. The van der Waals surface area contributed by atoms with Gasteiger partial charge in [0.05, 0.1) is 11.3 Å². The maximum absolute atomic E-state index is 11.9. The molecule has 0 bridgehead atoms. The molecule has 1 heterocycles. The summed E-state index contributed by atoms with van der Waals surface area (Å²) in [6.45, 7) is 5.91. The molecule has 0 aliphatic heterocycles. The van der Waals surface area contributed by atoms with Gasteiger partial charge in [0.15, 0.2) is 0 Å². The minimum Gasteiger partial charge on any atom is -0.380 e. The van der Waals surface area contributed by atoms with Crippen LogP contribution in [0.1, 0.15) is 16.8 Å². The zero-order valence-electron chi connectivity index (χ0n) is 11.6. The molecule has 2 N–H and O–H groups in total. The van der Waals surface area contributed by atoms with Gasteiger partial charge in [0.2, 0.25) is 0 Å². The first-order valence-corrected chi connectivity index (χ1v) is 6.36. The van der Waals surface area contributed by atoms with Crippen molar-refractivity contribution in [1.82, 2.24) is 15.2 Å². The fourth-order valence-corrected chi connectivity index (χ4v) is 1.55. The normalized spacial score (nSPS) is 10.3. The standard InChI is InChI=1S/C14H22N4O/c1-4-6-16-13-9-12(10-15-11-13)14(19)17-7-5-8-18(2)3/h4,9-11,16H,1,5-8H2,2-3H3,(H,17,19). The molecule has 5 nitrogen and oxygen atoms in total. The van der Waals surface area contributed by atoms with Crippen LogP contribution in [0.4, 0.5) is 5.69 Å². The van der Waals surface area contributed by atoms with Crippen molar-refractivity contribution in [3.05, 3.63) is 36.7 Å². The lowest BCUT2D eigenvalue weighted by Crippen LogP contribution is -2.27. The largest absolute Gasteiger partial charge is 0.380 e. The highest BCUT2D eigenvalue weighted by molar-refractivity contribution is 5.94. The number of amides is 1. The molecule has 0 saturated heterocycles. The van der Waals surface area contributed by atoms with Gasteiger partial charge in [-0.3, -0.25) is 9.78 Å². The van der Waals surface area contributed by atoms with E-state index in [1.807, 2.05) is 14.1 Å². The van der Waals surface area contributed by atoms with Gasteiger partial charge < -0.3 is 15.5 Å². The van der Waals surface area contributed by atoms with E-state index in [-0.39, 0.29) is 5.91 Å². The summed E-state index contributed by atoms with van der Waals surface area (Å²) in [6.07, 6.45) is 5.95. The molecule has 0 aliphatic rings. The van der Waals surface area contributed by atoms with Crippen LogP contribution in [0.2, 0.25) is 0 Å². The Morgan fingerprint density at radius 1 is 1.47 bits per heavy atom. The zero-order chi connectivity index (χ0) is 14.1. The highest BCUT2D eigenvalue weighted by Crippen LogP contribution is 2.07. The zero-order valence-corrected chi connectivity index (χ0v) is 11.6. The number of nitrogens with zero attached hydrogens (tertiary/aromatic N) is 2. The summed E-state index contributed by atoms with van der Waals surface area (Å²) < 4.78 is 0. The average Bonchev–Trinajstić information content (AvgIpc) is 2.41. The topological polar surface area (TPSA) is 57.3 Å². The van der Waals surface area contributed by atoms with Crippen molar-refractivity contribution in [1.29, 1.82) is 0 Å². The van der Waals surface area contributed by atoms with Crippen molar-refractivity contribution in [2.45, 2.75) is 6.42 Å². The van der Waals surface area contributed by atoms with Crippen molar-refractivity contribution in [3.8, 4) is 0 Å². The molecule has 0 radical (unpaired) electrons. The van der Waals surface area contributed by atoms with E-state index >= 15 is 0 Å². The monoisotopic (exact) mass is 262 g/mol. The van der Waals surface area contributed by atoms with E-state index < -0.39 is 0 Å². The number of hydrogen-bond donors (Lipinski definition) is 2. The van der Waals surface area contributed by atoms with Crippen LogP contribution in [0.3, 0.4) is 0 Å². The van der Waals surface area contributed by atoms with Crippen molar-refractivity contribution < 1.29 is 4.79 Å². The van der Waals surface area contributed by atoms with Crippen molar-refractivity contribution in [2.75, 3.05) is 39.0 Å². The molecular formula is C14H22N4O. The second-order valence-electron chi connectivity index (χ2n) is 4.54. The summed E-state index contributed by atoms with van der Waals surface area (Å²) in [5.74, 6) is -0.0893. The first kappa shape index (κ1) is 15.2. The molecule has 0 aliphatic carbocycles. The summed E-state index contributed by atoms with van der Waals surface area (Å²) >= 11 is 0. The smallest absolute Gasteiger partial charge is 0.252 e. The molecule has 1 rings (SSSR count). The molecular weight excluding hydrogens is 240 g/mol. The molecule has 1 aromatic rings. The molecule has 0 fully saturated rings. The SMILES string of the molecule is C=CCNc1cncc(C(=O)NCCCN(C)C)c1. The van der Waals surface area contributed by atoms with E-state index in [0.29, 0.717) is 18.7 Å². The Bertz CT molecular complexity index is 418. The Hall–Kier alpha value is -1.88. The lowest BCUT2D eigenvalue weighted by Gasteiger charge is -2.10. The number of anilines is 1. The van der Waals surface area contributed by atoms with Gasteiger partial charge in [-0.25, -0.2) is 0 Å². The van der Waals surface area contributed by atoms with Gasteiger partial charge in [-0.1, -0.05) is 6.08 Å². The van der Waals surface area contributed by atoms with Crippen LogP contribution >= 0.6 is 0 Å². The van der Waals surface area contributed by atoms with Gasteiger partial charge in [0, 0.05) is 25.5 Å². The predicted molar refractivity (Wildman–Crippen MR) is 78.4 cm³/mol. The van der Waals surface area contributed by atoms with E-state index in [1.165, 1.54) is 0 Å². The predicted octanol–water partition coefficient (Wildman–Crippen LogP) is 1.36. The quantitative estimate of drug-likeness (QED) is 0.548. The molecule has 104 valence electrons. The average molecular weight is 262 g/mol. The minimum atomic E-state index is -0.0893. The third kappa shape index (κ3) is 6.01. The highest BCUT2D eigenvalue weighted by Gasteiger charge is 2.06. The van der Waals surface area contributed by atoms with Gasteiger partial charge in [-0.2, -0.15) is 0 Å². The molecule has 19 heavy (non-hydrogen) atoms. The number of carbonyl (C=O) groups excluding carboxylic acids is 1. The molecule has 0 saturated carbocycles. The Morgan fingerprint density at radius 2 is 2.26 bits per heavy atom. The maximum atomic E-state index is 11.9. The number of rotatable bonds is 8. The summed E-state index contributed by atoms with van der Waals surface area (Å²) in [4.78, 5) is 18.0. The minimum absolute atomic E-state index is 0.0893. The molecule has 5 heteroatoms. The van der Waals surface area contributed by atoms with Crippen LogP contribution in [0, 0.1) is 0 Å². The van der Waals surface area contributed by atoms with E-state index in [0.717, 1.165) is 18.7 Å². The third-order valence-corrected chi connectivity index (χ3v) is 2.52. The fraction of sp³-hybridized carbons (Fsp3) is 0.429. The number of carbonyl (C=O) groups is 1. The lowest BCUT2D eigenvalue weighted by atomic mass is 10.2. The van der Waals surface area contributed by atoms with Crippen molar-refractivity contribution >= 4 is 11.6 Å². The van der Waals surface area contributed by atoms with Crippen LogP contribution in [0.25, 0.3) is 0 Å². The number of nitrogens with one attached hydrogen (secondary N) is 2. The lowest BCUT2D eigenvalue weighted by molar-refractivity contribution is 0.0952. The molecule has 1 amide bonds. The van der Waals surface area contributed by atoms with Gasteiger partial charge in [0.25, 0.3) is 5.91 Å². The van der Waals surface area contributed by atoms with E-state index in [9.17, 15) is 4.79 Å². The number of aromatic nitrogens is 1. The summed E-state index contributed by atoms with van der Waals surface area (Å²) in [5, 5.41) is 5.99. The number of pyridine rings is 1. The van der Waals surface area contributed by atoms with Crippen LogP contribution in [0.5, 0.6) is 0 Å². The second-order valence-corrected chi connectivity index (χ2v) is 4.54. The van der Waals surface area contributed by atoms with Gasteiger partial charge >= 0.3 is 0 Å².